The number of hydrogen-bond donors (Lipinski definition) is 0. The minimum Gasteiger partial charge on any atom is -0.493 e. The number of nitriles is 1. The normalized spacial score (nSPS) is 10.1. The summed E-state index contributed by atoms with van der Waals surface area (Å²) in [7, 11) is 1.41. The van der Waals surface area contributed by atoms with Gasteiger partial charge in [-0.25, -0.2) is 4.39 Å². The minimum absolute atomic E-state index is 0.167. The second-order valence-corrected chi connectivity index (χ2v) is 3.68. The molecule has 0 bridgehead atoms. The highest BCUT2D eigenvalue weighted by atomic mass is 19.1. The highest BCUT2D eigenvalue weighted by Gasteiger charge is 2.12. The lowest BCUT2D eigenvalue weighted by Crippen LogP contribution is -1.98. The molecule has 1 aromatic rings. The van der Waals surface area contributed by atoms with Crippen LogP contribution in [-0.4, -0.2) is 7.11 Å². The van der Waals surface area contributed by atoms with Crippen molar-refractivity contribution in [1.29, 1.82) is 5.26 Å². The average Bonchev–Trinajstić information content (AvgIpc) is 2.17. The first-order chi connectivity index (χ1) is 7.10. The van der Waals surface area contributed by atoms with Crippen molar-refractivity contribution in [3.63, 3.8) is 0 Å². The van der Waals surface area contributed by atoms with E-state index in [4.69, 9.17) is 10.00 Å². The Bertz CT molecular complexity index is 393. The van der Waals surface area contributed by atoms with Crippen molar-refractivity contribution in [2.45, 2.75) is 26.2 Å². The van der Waals surface area contributed by atoms with Crippen LogP contribution in [-0.2, 0) is 6.42 Å². The zero-order valence-electron chi connectivity index (χ0n) is 9.17. The first-order valence-electron chi connectivity index (χ1n) is 4.83. The Kier molecular flexibility index (Phi) is 3.68. The van der Waals surface area contributed by atoms with Crippen molar-refractivity contribution in [3.05, 3.63) is 29.1 Å². The van der Waals surface area contributed by atoms with E-state index in [1.165, 1.54) is 13.2 Å². The van der Waals surface area contributed by atoms with Gasteiger partial charge >= 0.3 is 0 Å². The Morgan fingerprint density at radius 3 is 2.60 bits per heavy atom. The third kappa shape index (κ3) is 2.47. The van der Waals surface area contributed by atoms with Crippen molar-refractivity contribution in [3.8, 4) is 11.8 Å². The monoisotopic (exact) mass is 207 g/mol. The van der Waals surface area contributed by atoms with Gasteiger partial charge in [0.25, 0.3) is 0 Å². The summed E-state index contributed by atoms with van der Waals surface area (Å²) in [6.07, 6.45) is 0.167. The summed E-state index contributed by atoms with van der Waals surface area (Å²) in [5, 5.41) is 8.63. The van der Waals surface area contributed by atoms with Crippen LogP contribution in [0.2, 0.25) is 0 Å². The summed E-state index contributed by atoms with van der Waals surface area (Å²) in [5.74, 6) is 0.0257. The number of benzene rings is 1. The molecule has 0 aliphatic rings. The fraction of sp³-hybridized carbons (Fsp3) is 0.417. The Balaban J connectivity index is 3.26. The number of methoxy groups -OCH3 is 1. The second kappa shape index (κ2) is 4.79. The Hall–Kier alpha value is -1.56. The van der Waals surface area contributed by atoms with Gasteiger partial charge in [0.1, 0.15) is 0 Å². The Morgan fingerprint density at radius 1 is 1.47 bits per heavy atom. The van der Waals surface area contributed by atoms with Gasteiger partial charge in [-0.2, -0.15) is 5.26 Å². The van der Waals surface area contributed by atoms with Gasteiger partial charge in [-0.3, -0.25) is 0 Å². The van der Waals surface area contributed by atoms with Crippen LogP contribution in [0.4, 0.5) is 4.39 Å². The maximum absolute atomic E-state index is 13.6. The van der Waals surface area contributed by atoms with E-state index in [2.05, 4.69) is 0 Å². The maximum atomic E-state index is 13.6. The molecule has 1 rings (SSSR count). The molecule has 0 spiro atoms. The van der Waals surface area contributed by atoms with Crippen LogP contribution >= 0.6 is 0 Å². The number of ether oxygens (including phenoxy) is 1. The molecule has 1 aromatic carbocycles. The van der Waals surface area contributed by atoms with Crippen molar-refractivity contribution in [1.82, 2.24) is 0 Å². The Morgan fingerprint density at radius 2 is 2.13 bits per heavy atom. The van der Waals surface area contributed by atoms with Crippen LogP contribution in [0.25, 0.3) is 0 Å². The first-order valence-corrected chi connectivity index (χ1v) is 4.83. The largest absolute Gasteiger partial charge is 0.493 e. The smallest absolute Gasteiger partial charge is 0.165 e. The number of halogens is 1. The van der Waals surface area contributed by atoms with E-state index in [0.29, 0.717) is 5.56 Å². The zero-order chi connectivity index (χ0) is 11.4. The number of hydrogen-bond acceptors (Lipinski definition) is 2. The predicted molar refractivity (Wildman–Crippen MR) is 56.4 cm³/mol. The van der Waals surface area contributed by atoms with Gasteiger partial charge in [0, 0.05) is 5.56 Å². The van der Waals surface area contributed by atoms with Gasteiger partial charge in [-0.15, -0.1) is 0 Å². The molecule has 15 heavy (non-hydrogen) atoms. The lowest BCUT2D eigenvalue weighted by Gasteiger charge is -2.12. The molecule has 0 saturated heterocycles. The van der Waals surface area contributed by atoms with E-state index in [0.717, 1.165) is 5.56 Å². The third-order valence-electron chi connectivity index (χ3n) is 2.28. The lowest BCUT2D eigenvalue weighted by molar-refractivity contribution is 0.382. The fourth-order valence-electron chi connectivity index (χ4n) is 1.45. The van der Waals surface area contributed by atoms with Crippen molar-refractivity contribution >= 4 is 0 Å². The van der Waals surface area contributed by atoms with E-state index in [9.17, 15) is 4.39 Å². The van der Waals surface area contributed by atoms with Gasteiger partial charge in [0.05, 0.1) is 19.6 Å². The summed E-state index contributed by atoms with van der Waals surface area (Å²) in [6, 6.07) is 5.30. The number of nitrogens with zero attached hydrogens (tertiary/aromatic N) is 1. The first kappa shape index (κ1) is 11.5. The molecule has 0 fully saturated rings. The molecule has 0 aromatic heterocycles. The van der Waals surface area contributed by atoms with Gasteiger partial charge in [-0.1, -0.05) is 19.9 Å². The molecule has 0 aliphatic carbocycles. The van der Waals surface area contributed by atoms with Crippen LogP contribution in [0.5, 0.6) is 5.75 Å². The molecule has 0 amide bonds. The van der Waals surface area contributed by atoms with E-state index in [1.807, 2.05) is 26.0 Å². The molecular weight excluding hydrogens is 193 g/mol. The zero-order valence-corrected chi connectivity index (χ0v) is 9.17. The fourth-order valence-corrected chi connectivity index (χ4v) is 1.45. The van der Waals surface area contributed by atoms with Crippen molar-refractivity contribution in [2.75, 3.05) is 7.11 Å². The van der Waals surface area contributed by atoms with Crippen LogP contribution in [0.1, 0.15) is 30.9 Å². The molecule has 80 valence electrons. The average molecular weight is 207 g/mol. The Labute approximate surface area is 89.3 Å². The molecule has 0 heterocycles. The lowest BCUT2D eigenvalue weighted by atomic mass is 9.99. The quantitative estimate of drug-likeness (QED) is 0.763. The van der Waals surface area contributed by atoms with E-state index in [-0.39, 0.29) is 18.1 Å². The highest BCUT2D eigenvalue weighted by molar-refractivity contribution is 5.41. The standard InChI is InChI=1S/C12H14FNO/c1-8(2)10-6-9(4-5-14)12(15-3)11(13)7-10/h6-8H,4H2,1-3H3. The van der Waals surface area contributed by atoms with Gasteiger partial charge < -0.3 is 4.74 Å². The van der Waals surface area contributed by atoms with Crippen molar-refractivity contribution < 1.29 is 9.13 Å². The molecule has 0 atom stereocenters. The summed E-state index contributed by atoms with van der Waals surface area (Å²) in [4.78, 5) is 0. The van der Waals surface area contributed by atoms with Gasteiger partial charge in [-0.05, 0) is 17.5 Å². The summed E-state index contributed by atoms with van der Waals surface area (Å²) in [6.45, 7) is 3.97. The summed E-state index contributed by atoms with van der Waals surface area (Å²) >= 11 is 0. The SMILES string of the molecule is COc1c(F)cc(C(C)C)cc1CC#N. The van der Waals surface area contributed by atoms with Gasteiger partial charge in [0.15, 0.2) is 11.6 Å². The molecule has 0 aliphatic heterocycles. The van der Waals surface area contributed by atoms with Crippen molar-refractivity contribution in [2.24, 2.45) is 0 Å². The minimum atomic E-state index is -0.394. The topological polar surface area (TPSA) is 33.0 Å². The summed E-state index contributed by atoms with van der Waals surface area (Å²) in [5.41, 5.74) is 1.50. The third-order valence-corrected chi connectivity index (χ3v) is 2.28. The molecule has 2 nitrogen and oxygen atoms in total. The highest BCUT2D eigenvalue weighted by Crippen LogP contribution is 2.28. The molecular formula is C12H14FNO. The second-order valence-electron chi connectivity index (χ2n) is 3.68. The van der Waals surface area contributed by atoms with E-state index in [1.54, 1.807) is 0 Å². The van der Waals surface area contributed by atoms with Crippen LogP contribution < -0.4 is 4.74 Å². The maximum Gasteiger partial charge on any atom is 0.165 e. The van der Waals surface area contributed by atoms with Gasteiger partial charge in [0.2, 0.25) is 0 Å². The summed E-state index contributed by atoms with van der Waals surface area (Å²) < 4.78 is 18.5. The van der Waals surface area contributed by atoms with E-state index < -0.39 is 5.82 Å². The molecule has 3 heteroatoms. The molecule has 0 unspecified atom stereocenters. The molecule has 0 N–H and O–H groups in total. The molecule has 0 saturated carbocycles. The van der Waals surface area contributed by atoms with Crippen LogP contribution in [0.15, 0.2) is 12.1 Å². The number of rotatable bonds is 3. The predicted octanol–water partition coefficient (Wildman–Crippen LogP) is 3.02. The van der Waals surface area contributed by atoms with Crippen LogP contribution in [0, 0.1) is 17.1 Å². The molecule has 0 radical (unpaired) electrons. The van der Waals surface area contributed by atoms with Crippen LogP contribution in [0.3, 0.4) is 0 Å². The van der Waals surface area contributed by atoms with E-state index >= 15 is 0 Å².